The normalized spacial score (nSPS) is 12.2. The Morgan fingerprint density at radius 3 is 2.47 bits per heavy atom. The van der Waals surface area contributed by atoms with Gasteiger partial charge in [-0.15, -0.1) is 11.8 Å². The van der Waals surface area contributed by atoms with Crippen LogP contribution in [-0.2, 0) is 6.42 Å². The van der Waals surface area contributed by atoms with Crippen molar-refractivity contribution in [1.82, 2.24) is 4.98 Å². The summed E-state index contributed by atoms with van der Waals surface area (Å²) in [5.41, 5.74) is 6.88. The fourth-order valence-corrected chi connectivity index (χ4v) is 2.14. The summed E-state index contributed by atoms with van der Waals surface area (Å²) in [6.07, 6.45) is 4.69. The van der Waals surface area contributed by atoms with E-state index in [0.29, 0.717) is 5.88 Å². The molecule has 2 aromatic rings. The fourth-order valence-electron chi connectivity index (χ4n) is 1.73. The molecule has 3 nitrogen and oxygen atoms in total. The van der Waals surface area contributed by atoms with Gasteiger partial charge in [-0.2, -0.15) is 0 Å². The Kier molecular flexibility index (Phi) is 4.82. The van der Waals surface area contributed by atoms with E-state index in [2.05, 4.69) is 11.2 Å². The molecular formula is C15H18N2OS. The third kappa shape index (κ3) is 4.26. The Morgan fingerprint density at radius 2 is 1.95 bits per heavy atom. The van der Waals surface area contributed by atoms with Crippen molar-refractivity contribution in [2.24, 2.45) is 5.73 Å². The fraction of sp³-hybridized carbons (Fsp3) is 0.267. The molecule has 0 amide bonds. The molecule has 1 aromatic heterocycles. The number of nitrogens with zero attached hydrogens (tertiary/aromatic N) is 1. The standard InChI is InChI=1S/C15H18N2OS/c1-11(16)9-12-3-8-15(17-10-12)18-13-4-6-14(19-2)7-5-13/h3-8,10-11H,9,16H2,1-2H3. The van der Waals surface area contributed by atoms with Crippen molar-refractivity contribution >= 4 is 11.8 Å². The minimum absolute atomic E-state index is 0.146. The highest BCUT2D eigenvalue weighted by Gasteiger charge is 2.01. The maximum Gasteiger partial charge on any atom is 0.219 e. The van der Waals surface area contributed by atoms with Crippen molar-refractivity contribution in [2.45, 2.75) is 24.3 Å². The van der Waals surface area contributed by atoms with E-state index in [-0.39, 0.29) is 6.04 Å². The maximum absolute atomic E-state index is 5.75. The molecule has 0 aliphatic carbocycles. The summed E-state index contributed by atoms with van der Waals surface area (Å²) in [5, 5.41) is 0. The highest BCUT2D eigenvalue weighted by molar-refractivity contribution is 7.98. The molecule has 1 unspecified atom stereocenters. The molecule has 0 spiro atoms. The monoisotopic (exact) mass is 274 g/mol. The summed E-state index contributed by atoms with van der Waals surface area (Å²) in [7, 11) is 0. The van der Waals surface area contributed by atoms with Gasteiger partial charge in [0.2, 0.25) is 5.88 Å². The number of hydrogen-bond donors (Lipinski definition) is 1. The summed E-state index contributed by atoms with van der Waals surface area (Å²) in [5.74, 6) is 1.40. The third-order valence-electron chi connectivity index (χ3n) is 2.64. The second-order valence-electron chi connectivity index (χ2n) is 4.46. The van der Waals surface area contributed by atoms with Gasteiger partial charge in [0.15, 0.2) is 0 Å². The maximum atomic E-state index is 5.75. The molecule has 1 heterocycles. The second-order valence-corrected chi connectivity index (χ2v) is 5.34. The number of benzene rings is 1. The number of aromatic nitrogens is 1. The highest BCUT2D eigenvalue weighted by Crippen LogP contribution is 2.23. The predicted octanol–water partition coefficient (Wildman–Crippen LogP) is 3.49. The van der Waals surface area contributed by atoms with Gasteiger partial charge in [0.1, 0.15) is 5.75 Å². The second kappa shape index (κ2) is 6.59. The zero-order chi connectivity index (χ0) is 13.7. The molecule has 1 aromatic carbocycles. The van der Waals surface area contributed by atoms with Crippen LogP contribution in [0.25, 0.3) is 0 Å². The van der Waals surface area contributed by atoms with Gasteiger partial charge in [-0.3, -0.25) is 0 Å². The van der Waals surface area contributed by atoms with Crippen LogP contribution in [0.4, 0.5) is 0 Å². The Labute approximate surface area is 118 Å². The Morgan fingerprint density at radius 1 is 1.21 bits per heavy atom. The largest absolute Gasteiger partial charge is 0.439 e. The lowest BCUT2D eigenvalue weighted by Gasteiger charge is -2.07. The average molecular weight is 274 g/mol. The molecule has 0 fully saturated rings. The number of nitrogens with two attached hydrogens (primary N) is 1. The van der Waals surface area contributed by atoms with Gasteiger partial charge in [-0.25, -0.2) is 4.98 Å². The first-order valence-corrected chi connectivity index (χ1v) is 7.42. The van der Waals surface area contributed by atoms with Crippen LogP contribution < -0.4 is 10.5 Å². The van der Waals surface area contributed by atoms with Crippen LogP contribution in [-0.4, -0.2) is 17.3 Å². The molecular weight excluding hydrogens is 256 g/mol. The third-order valence-corrected chi connectivity index (χ3v) is 3.38. The van der Waals surface area contributed by atoms with Gasteiger partial charge in [0.25, 0.3) is 0 Å². The molecule has 2 N–H and O–H groups in total. The smallest absolute Gasteiger partial charge is 0.219 e. The number of pyridine rings is 1. The minimum Gasteiger partial charge on any atom is -0.439 e. The van der Waals surface area contributed by atoms with Crippen LogP contribution in [0.15, 0.2) is 47.5 Å². The first kappa shape index (κ1) is 13.9. The Bertz CT molecular complexity index is 509. The topological polar surface area (TPSA) is 48.1 Å². The van der Waals surface area contributed by atoms with Gasteiger partial charge in [-0.1, -0.05) is 6.07 Å². The Balaban J connectivity index is 2.02. The van der Waals surface area contributed by atoms with Crippen LogP contribution in [0.3, 0.4) is 0 Å². The van der Waals surface area contributed by atoms with Gasteiger partial charge >= 0.3 is 0 Å². The molecule has 0 aliphatic heterocycles. The molecule has 19 heavy (non-hydrogen) atoms. The van der Waals surface area contributed by atoms with Crippen LogP contribution in [0.2, 0.25) is 0 Å². The first-order chi connectivity index (χ1) is 9.17. The SMILES string of the molecule is CSc1ccc(Oc2ccc(CC(C)N)cn2)cc1. The molecule has 1 atom stereocenters. The summed E-state index contributed by atoms with van der Waals surface area (Å²) in [6, 6.07) is 12.0. The molecule has 0 saturated carbocycles. The van der Waals surface area contributed by atoms with E-state index in [1.165, 1.54) is 4.90 Å². The molecule has 0 bridgehead atoms. The number of thioether (sulfide) groups is 1. The van der Waals surface area contributed by atoms with E-state index in [4.69, 9.17) is 10.5 Å². The number of hydrogen-bond acceptors (Lipinski definition) is 4. The van der Waals surface area contributed by atoms with Gasteiger partial charge in [-0.05, 0) is 49.4 Å². The van der Waals surface area contributed by atoms with Crippen LogP contribution >= 0.6 is 11.8 Å². The predicted molar refractivity (Wildman–Crippen MR) is 79.9 cm³/mol. The van der Waals surface area contributed by atoms with Gasteiger partial charge in [0, 0.05) is 23.2 Å². The summed E-state index contributed by atoms with van der Waals surface area (Å²) < 4.78 is 5.69. The van der Waals surface area contributed by atoms with Gasteiger partial charge in [0.05, 0.1) is 0 Å². The van der Waals surface area contributed by atoms with Crippen LogP contribution in [0.1, 0.15) is 12.5 Å². The van der Waals surface area contributed by atoms with E-state index in [0.717, 1.165) is 17.7 Å². The summed E-state index contributed by atoms with van der Waals surface area (Å²) >= 11 is 1.71. The molecule has 2 rings (SSSR count). The summed E-state index contributed by atoms with van der Waals surface area (Å²) in [6.45, 7) is 1.98. The van der Waals surface area contributed by atoms with E-state index >= 15 is 0 Å². The lowest BCUT2D eigenvalue weighted by atomic mass is 10.1. The van der Waals surface area contributed by atoms with Crippen molar-refractivity contribution in [3.63, 3.8) is 0 Å². The van der Waals surface area contributed by atoms with Crippen LogP contribution in [0.5, 0.6) is 11.6 Å². The molecule has 0 saturated heterocycles. The van der Waals surface area contributed by atoms with Crippen molar-refractivity contribution in [1.29, 1.82) is 0 Å². The van der Waals surface area contributed by atoms with Gasteiger partial charge < -0.3 is 10.5 Å². The number of ether oxygens (including phenoxy) is 1. The molecule has 100 valence electrons. The van der Waals surface area contributed by atoms with Crippen molar-refractivity contribution in [3.05, 3.63) is 48.2 Å². The van der Waals surface area contributed by atoms with Crippen molar-refractivity contribution in [2.75, 3.05) is 6.26 Å². The van der Waals surface area contributed by atoms with Crippen LogP contribution in [0, 0.1) is 0 Å². The lowest BCUT2D eigenvalue weighted by molar-refractivity contribution is 0.462. The average Bonchev–Trinajstić information content (AvgIpc) is 2.41. The molecule has 4 heteroatoms. The van der Waals surface area contributed by atoms with E-state index < -0.39 is 0 Å². The highest BCUT2D eigenvalue weighted by atomic mass is 32.2. The molecule has 0 aliphatic rings. The van der Waals surface area contributed by atoms with Crippen molar-refractivity contribution in [3.8, 4) is 11.6 Å². The lowest BCUT2D eigenvalue weighted by Crippen LogP contribution is -2.17. The minimum atomic E-state index is 0.146. The number of rotatable bonds is 5. The van der Waals surface area contributed by atoms with E-state index in [1.807, 2.05) is 49.5 Å². The molecule has 0 radical (unpaired) electrons. The van der Waals surface area contributed by atoms with Crippen molar-refractivity contribution < 1.29 is 4.74 Å². The van der Waals surface area contributed by atoms with E-state index in [1.54, 1.807) is 11.8 Å². The van der Waals surface area contributed by atoms with E-state index in [9.17, 15) is 0 Å². The summed E-state index contributed by atoms with van der Waals surface area (Å²) in [4.78, 5) is 5.50. The Hall–Kier alpha value is -1.52. The quantitative estimate of drug-likeness (QED) is 0.848. The zero-order valence-corrected chi connectivity index (χ0v) is 12.0. The zero-order valence-electron chi connectivity index (χ0n) is 11.2. The first-order valence-electron chi connectivity index (χ1n) is 6.20.